The van der Waals surface area contributed by atoms with Gasteiger partial charge in [-0.2, -0.15) is 0 Å². The lowest BCUT2D eigenvalue weighted by atomic mass is 9.85. The van der Waals surface area contributed by atoms with Crippen molar-refractivity contribution < 1.29 is 23.9 Å². The van der Waals surface area contributed by atoms with E-state index in [4.69, 9.17) is 4.74 Å². The monoisotopic (exact) mass is 460 g/mol. The summed E-state index contributed by atoms with van der Waals surface area (Å²) in [5, 5.41) is 2.76. The van der Waals surface area contributed by atoms with Crippen LogP contribution in [-0.2, 0) is 36.8 Å². The standard InChI is InChI=1S/C27H28N2O5/c1-2-19-12-6-9-15-22(19)28-24(30)17-34-27(33)23(16-18-10-4-3-5-11-18)29-25(31)20-13-7-8-14-21(20)26(29)32/h3-12,15,20-21,23H,2,13-14,16-17H2,1H3,(H,28,30)/t20-,21-,23-/m0/s1. The Balaban J connectivity index is 1.49. The van der Waals surface area contributed by atoms with Gasteiger partial charge in [0.1, 0.15) is 6.04 Å². The number of fused-ring (bicyclic) bond motifs is 1. The van der Waals surface area contributed by atoms with Crippen LogP contribution in [0.2, 0.25) is 0 Å². The van der Waals surface area contributed by atoms with Gasteiger partial charge in [-0.15, -0.1) is 0 Å². The zero-order chi connectivity index (χ0) is 24.1. The van der Waals surface area contributed by atoms with Crippen LogP contribution in [0.25, 0.3) is 0 Å². The Morgan fingerprint density at radius 1 is 0.971 bits per heavy atom. The van der Waals surface area contributed by atoms with Crippen LogP contribution < -0.4 is 5.32 Å². The third kappa shape index (κ3) is 4.93. The zero-order valence-corrected chi connectivity index (χ0v) is 19.1. The van der Waals surface area contributed by atoms with Gasteiger partial charge in [0, 0.05) is 12.1 Å². The average molecular weight is 461 g/mol. The van der Waals surface area contributed by atoms with Crippen LogP contribution in [0, 0.1) is 11.8 Å². The molecule has 176 valence electrons. The molecule has 4 rings (SSSR count). The summed E-state index contributed by atoms with van der Waals surface area (Å²) in [7, 11) is 0. The molecule has 2 aromatic carbocycles. The summed E-state index contributed by atoms with van der Waals surface area (Å²) >= 11 is 0. The summed E-state index contributed by atoms with van der Waals surface area (Å²) in [6.07, 6.45) is 5.64. The lowest BCUT2D eigenvalue weighted by Gasteiger charge is -2.25. The first-order valence-electron chi connectivity index (χ1n) is 11.6. The fourth-order valence-electron chi connectivity index (χ4n) is 4.62. The Morgan fingerprint density at radius 2 is 1.59 bits per heavy atom. The highest BCUT2D eigenvalue weighted by atomic mass is 16.5. The number of hydrogen-bond donors (Lipinski definition) is 1. The van der Waals surface area contributed by atoms with E-state index in [0.29, 0.717) is 18.5 Å². The van der Waals surface area contributed by atoms with Gasteiger partial charge < -0.3 is 10.1 Å². The van der Waals surface area contributed by atoms with Crippen LogP contribution in [0.15, 0.2) is 66.7 Å². The summed E-state index contributed by atoms with van der Waals surface area (Å²) in [4.78, 5) is 52.9. The van der Waals surface area contributed by atoms with Crippen molar-refractivity contribution in [1.29, 1.82) is 0 Å². The molecule has 0 bridgehead atoms. The fraction of sp³-hybridized carbons (Fsp3) is 0.333. The summed E-state index contributed by atoms with van der Waals surface area (Å²) < 4.78 is 5.33. The number of amides is 3. The number of esters is 1. The van der Waals surface area contributed by atoms with Crippen molar-refractivity contribution in [2.75, 3.05) is 11.9 Å². The number of carbonyl (C=O) groups excluding carboxylic acids is 4. The molecular weight excluding hydrogens is 432 g/mol. The van der Waals surface area contributed by atoms with Gasteiger partial charge in [0.05, 0.1) is 11.8 Å². The fourth-order valence-corrected chi connectivity index (χ4v) is 4.62. The Morgan fingerprint density at radius 3 is 2.24 bits per heavy atom. The van der Waals surface area contributed by atoms with Crippen molar-refractivity contribution >= 4 is 29.4 Å². The lowest BCUT2D eigenvalue weighted by Crippen LogP contribution is -2.48. The van der Waals surface area contributed by atoms with E-state index >= 15 is 0 Å². The number of para-hydroxylation sites is 1. The van der Waals surface area contributed by atoms with E-state index in [1.807, 2.05) is 67.6 Å². The van der Waals surface area contributed by atoms with E-state index in [9.17, 15) is 19.2 Å². The molecule has 1 fully saturated rings. The number of ether oxygens (including phenoxy) is 1. The van der Waals surface area contributed by atoms with Crippen molar-refractivity contribution in [3.8, 4) is 0 Å². The van der Waals surface area contributed by atoms with Crippen molar-refractivity contribution in [1.82, 2.24) is 4.90 Å². The zero-order valence-electron chi connectivity index (χ0n) is 19.1. The molecule has 3 atom stereocenters. The SMILES string of the molecule is CCc1ccccc1NC(=O)COC(=O)[C@H](Cc1ccccc1)N1C(=O)[C@H]2CC=CC[C@@H]2C1=O. The largest absolute Gasteiger partial charge is 0.454 e. The Kier molecular flexibility index (Phi) is 7.21. The summed E-state index contributed by atoms with van der Waals surface area (Å²) in [5.74, 6) is -2.84. The smallest absolute Gasteiger partial charge is 0.330 e. The predicted molar refractivity (Wildman–Crippen MR) is 127 cm³/mol. The Labute approximate surface area is 198 Å². The van der Waals surface area contributed by atoms with Crippen molar-refractivity contribution in [2.24, 2.45) is 11.8 Å². The van der Waals surface area contributed by atoms with E-state index in [0.717, 1.165) is 22.4 Å². The maximum absolute atomic E-state index is 13.1. The number of rotatable bonds is 8. The molecule has 1 aliphatic heterocycles. The Bertz CT molecular complexity index is 1090. The molecule has 3 amide bonds. The predicted octanol–water partition coefficient (Wildman–Crippen LogP) is 3.29. The molecule has 0 aromatic heterocycles. The lowest BCUT2D eigenvalue weighted by molar-refractivity contribution is -0.159. The van der Waals surface area contributed by atoms with Gasteiger partial charge in [-0.25, -0.2) is 4.79 Å². The average Bonchev–Trinajstić information content (AvgIpc) is 3.12. The summed E-state index contributed by atoms with van der Waals surface area (Å²) in [6, 6.07) is 15.4. The highest BCUT2D eigenvalue weighted by Crippen LogP contribution is 2.36. The topological polar surface area (TPSA) is 92.8 Å². The molecule has 2 aromatic rings. The molecule has 1 heterocycles. The minimum atomic E-state index is -1.12. The first kappa shape index (κ1) is 23.4. The van der Waals surface area contributed by atoms with Crippen molar-refractivity contribution in [2.45, 2.75) is 38.6 Å². The number of imide groups is 1. The molecule has 2 aliphatic rings. The number of allylic oxidation sites excluding steroid dienone is 2. The summed E-state index contributed by atoms with van der Waals surface area (Å²) in [6.45, 7) is 1.48. The minimum absolute atomic E-state index is 0.129. The molecule has 34 heavy (non-hydrogen) atoms. The number of likely N-dealkylation sites (tertiary alicyclic amines) is 1. The van der Waals surface area contributed by atoms with E-state index in [2.05, 4.69) is 5.32 Å². The summed E-state index contributed by atoms with van der Waals surface area (Å²) in [5.41, 5.74) is 2.42. The van der Waals surface area contributed by atoms with Gasteiger partial charge in [-0.05, 0) is 36.5 Å². The quantitative estimate of drug-likeness (QED) is 0.371. The van der Waals surface area contributed by atoms with Gasteiger partial charge in [0.2, 0.25) is 11.8 Å². The molecule has 7 heteroatoms. The van der Waals surface area contributed by atoms with Crippen LogP contribution in [0.1, 0.15) is 30.9 Å². The molecular formula is C27H28N2O5. The van der Waals surface area contributed by atoms with Crippen LogP contribution >= 0.6 is 0 Å². The third-order valence-electron chi connectivity index (χ3n) is 6.42. The van der Waals surface area contributed by atoms with Crippen LogP contribution in [0.4, 0.5) is 5.69 Å². The second-order valence-corrected chi connectivity index (χ2v) is 8.57. The molecule has 7 nitrogen and oxygen atoms in total. The van der Waals surface area contributed by atoms with E-state index in [1.54, 1.807) is 6.07 Å². The molecule has 1 aliphatic carbocycles. The van der Waals surface area contributed by atoms with Gasteiger partial charge in [-0.3, -0.25) is 19.3 Å². The number of benzene rings is 2. The molecule has 1 saturated heterocycles. The molecule has 0 saturated carbocycles. The molecule has 1 N–H and O–H groups in total. The highest BCUT2D eigenvalue weighted by Gasteiger charge is 2.51. The Hall–Kier alpha value is -3.74. The van der Waals surface area contributed by atoms with Crippen molar-refractivity contribution in [3.63, 3.8) is 0 Å². The van der Waals surface area contributed by atoms with Gasteiger partial charge in [0.15, 0.2) is 6.61 Å². The number of nitrogens with zero attached hydrogens (tertiary/aromatic N) is 1. The second-order valence-electron chi connectivity index (χ2n) is 8.57. The molecule has 0 radical (unpaired) electrons. The van der Waals surface area contributed by atoms with E-state index in [-0.39, 0.29) is 18.2 Å². The highest BCUT2D eigenvalue weighted by molar-refractivity contribution is 6.08. The van der Waals surface area contributed by atoms with Crippen LogP contribution in [0.5, 0.6) is 0 Å². The number of hydrogen-bond acceptors (Lipinski definition) is 5. The van der Waals surface area contributed by atoms with Gasteiger partial charge >= 0.3 is 5.97 Å². The van der Waals surface area contributed by atoms with Gasteiger partial charge in [-0.1, -0.05) is 67.6 Å². The van der Waals surface area contributed by atoms with Crippen LogP contribution in [0.3, 0.4) is 0 Å². The number of anilines is 1. The van der Waals surface area contributed by atoms with E-state index in [1.165, 1.54) is 0 Å². The second kappa shape index (κ2) is 10.5. The van der Waals surface area contributed by atoms with Gasteiger partial charge in [0.25, 0.3) is 5.91 Å². The third-order valence-corrected chi connectivity index (χ3v) is 6.42. The normalized spacial score (nSPS) is 20.1. The molecule has 0 unspecified atom stereocenters. The van der Waals surface area contributed by atoms with Crippen LogP contribution in [-0.4, -0.2) is 41.2 Å². The van der Waals surface area contributed by atoms with E-state index < -0.39 is 36.4 Å². The first-order chi connectivity index (χ1) is 16.5. The maximum Gasteiger partial charge on any atom is 0.330 e. The van der Waals surface area contributed by atoms with Crippen molar-refractivity contribution in [3.05, 3.63) is 77.9 Å². The number of nitrogens with one attached hydrogen (secondary N) is 1. The number of aryl methyl sites for hydroxylation is 1. The molecule has 0 spiro atoms. The maximum atomic E-state index is 13.1. The number of carbonyl (C=O) groups is 4. The minimum Gasteiger partial charge on any atom is -0.454 e. The first-order valence-corrected chi connectivity index (χ1v) is 11.6.